The molecule has 1 aliphatic rings. The van der Waals surface area contributed by atoms with E-state index in [2.05, 4.69) is 0 Å². The number of rotatable bonds is 2. The molecular weight excluding hydrogens is 192 g/mol. The van der Waals surface area contributed by atoms with Crippen LogP contribution in [0.4, 0.5) is 0 Å². The predicted molar refractivity (Wildman–Crippen MR) is 45.2 cm³/mol. The van der Waals surface area contributed by atoms with E-state index in [1.54, 1.807) is 0 Å². The van der Waals surface area contributed by atoms with Crippen LogP contribution < -0.4 is 0 Å². The second-order valence-electron chi connectivity index (χ2n) is 3.76. The average Bonchev–Trinajstić information content (AvgIpc) is 2.15. The fourth-order valence-electron chi connectivity index (χ4n) is 1.53. The van der Waals surface area contributed by atoms with E-state index in [-0.39, 0.29) is 0 Å². The predicted octanol–water partition coefficient (Wildman–Crippen LogP) is -2.58. The molecule has 1 saturated heterocycles. The van der Waals surface area contributed by atoms with Crippen molar-refractivity contribution < 1.29 is 30.3 Å². The van der Waals surface area contributed by atoms with Crippen LogP contribution in [0.5, 0.6) is 0 Å². The van der Waals surface area contributed by atoms with Crippen molar-refractivity contribution in [3.8, 4) is 0 Å². The largest absolute Gasteiger partial charge is 0.396 e. The van der Waals surface area contributed by atoms with Crippen LogP contribution in [0.3, 0.4) is 0 Å². The molecule has 6 nitrogen and oxygen atoms in total. The van der Waals surface area contributed by atoms with Crippen LogP contribution in [0, 0.1) is 5.92 Å². The van der Waals surface area contributed by atoms with Crippen molar-refractivity contribution in [2.45, 2.75) is 31.0 Å². The van der Waals surface area contributed by atoms with Crippen LogP contribution in [0.15, 0.2) is 0 Å². The first-order valence-electron chi connectivity index (χ1n) is 4.40. The van der Waals surface area contributed by atoms with Crippen molar-refractivity contribution in [2.75, 3.05) is 13.2 Å². The van der Waals surface area contributed by atoms with E-state index in [0.29, 0.717) is 0 Å². The first kappa shape index (κ1) is 11.8. The van der Waals surface area contributed by atoms with Gasteiger partial charge in [-0.05, 0) is 6.92 Å². The minimum absolute atomic E-state index is 0.499. The highest BCUT2D eigenvalue weighted by atomic mass is 16.6. The number of aliphatic hydroxyl groups is 5. The molecule has 0 spiro atoms. The molecule has 0 aromatic heterocycles. The summed E-state index contributed by atoms with van der Waals surface area (Å²) >= 11 is 0. The van der Waals surface area contributed by atoms with Crippen molar-refractivity contribution in [3.05, 3.63) is 0 Å². The summed E-state index contributed by atoms with van der Waals surface area (Å²) in [7, 11) is 0. The van der Waals surface area contributed by atoms with Crippen molar-refractivity contribution in [1.29, 1.82) is 0 Å². The summed E-state index contributed by atoms with van der Waals surface area (Å²) in [5, 5.41) is 46.2. The van der Waals surface area contributed by atoms with Crippen molar-refractivity contribution in [2.24, 2.45) is 5.92 Å². The molecule has 0 amide bonds. The van der Waals surface area contributed by atoms with E-state index in [0.717, 1.165) is 0 Å². The van der Waals surface area contributed by atoms with Gasteiger partial charge in [0.05, 0.1) is 25.2 Å². The van der Waals surface area contributed by atoms with Crippen molar-refractivity contribution >= 4 is 0 Å². The quantitative estimate of drug-likeness (QED) is 0.341. The number of hydrogen-bond acceptors (Lipinski definition) is 6. The van der Waals surface area contributed by atoms with Gasteiger partial charge in [0.2, 0.25) is 0 Å². The Hall–Kier alpha value is -0.240. The smallest absolute Gasteiger partial charge is 0.163 e. The zero-order valence-corrected chi connectivity index (χ0v) is 7.87. The maximum absolute atomic E-state index is 9.56. The number of hydrogen-bond donors (Lipinski definition) is 5. The molecule has 0 aromatic carbocycles. The summed E-state index contributed by atoms with van der Waals surface area (Å²) in [6.07, 6.45) is -4.05. The molecule has 1 rings (SSSR count). The molecule has 1 aliphatic heterocycles. The Labute approximate surface area is 81.4 Å². The lowest BCUT2D eigenvalue weighted by Gasteiger charge is -2.45. The Bertz CT molecular complexity index is 198. The lowest BCUT2D eigenvalue weighted by atomic mass is 9.84. The molecule has 3 unspecified atom stereocenters. The summed E-state index contributed by atoms with van der Waals surface area (Å²) in [6.45, 7) is 0.346. The monoisotopic (exact) mass is 208 g/mol. The Morgan fingerprint density at radius 2 is 1.79 bits per heavy atom. The van der Waals surface area contributed by atoms with Gasteiger partial charge in [0.15, 0.2) is 6.29 Å². The standard InChI is InChI=1S/C8H16O6/c1-8(3-10)6(12)5(11)4(2-9)7(13)14-8/h4-7,9-13H,2-3H2,1H3/t4?,5?,6-,7+,8?/m0/s1. The fourth-order valence-corrected chi connectivity index (χ4v) is 1.53. The SMILES string of the molecule is CC1(CO)O[C@@H](O)C(CO)C(O)[C@@H]1O. The van der Waals surface area contributed by atoms with Gasteiger partial charge in [-0.2, -0.15) is 0 Å². The van der Waals surface area contributed by atoms with E-state index in [4.69, 9.17) is 14.9 Å². The average molecular weight is 208 g/mol. The minimum atomic E-state index is -1.40. The molecule has 5 atom stereocenters. The summed E-state index contributed by atoms with van der Waals surface area (Å²) in [4.78, 5) is 0. The molecule has 1 heterocycles. The van der Waals surface area contributed by atoms with E-state index in [9.17, 15) is 15.3 Å². The van der Waals surface area contributed by atoms with Gasteiger partial charge in [0.25, 0.3) is 0 Å². The van der Waals surface area contributed by atoms with Gasteiger partial charge in [0, 0.05) is 0 Å². The van der Waals surface area contributed by atoms with Crippen LogP contribution in [0.25, 0.3) is 0 Å². The number of aliphatic hydroxyl groups excluding tert-OH is 5. The third-order valence-electron chi connectivity index (χ3n) is 2.67. The summed E-state index contributed by atoms with van der Waals surface area (Å²) in [5.41, 5.74) is -1.40. The Balaban J connectivity index is 2.83. The van der Waals surface area contributed by atoms with Gasteiger partial charge in [-0.3, -0.25) is 0 Å². The third kappa shape index (κ3) is 1.77. The molecule has 0 aliphatic carbocycles. The van der Waals surface area contributed by atoms with Crippen LogP contribution in [0.2, 0.25) is 0 Å². The summed E-state index contributed by atoms with van der Waals surface area (Å²) in [5.74, 6) is -0.954. The summed E-state index contributed by atoms with van der Waals surface area (Å²) in [6, 6.07) is 0. The Morgan fingerprint density at radius 3 is 2.21 bits per heavy atom. The Kier molecular flexibility index (Phi) is 3.46. The van der Waals surface area contributed by atoms with E-state index >= 15 is 0 Å². The second-order valence-corrected chi connectivity index (χ2v) is 3.76. The van der Waals surface area contributed by atoms with Gasteiger partial charge < -0.3 is 30.3 Å². The normalized spacial score (nSPS) is 49.3. The molecule has 0 saturated carbocycles. The fraction of sp³-hybridized carbons (Fsp3) is 1.00. The lowest BCUT2D eigenvalue weighted by molar-refractivity contribution is -0.312. The minimum Gasteiger partial charge on any atom is -0.396 e. The van der Waals surface area contributed by atoms with Gasteiger partial charge in [-0.25, -0.2) is 0 Å². The van der Waals surface area contributed by atoms with Crippen LogP contribution in [-0.2, 0) is 4.74 Å². The zero-order chi connectivity index (χ0) is 10.9. The molecule has 84 valence electrons. The molecule has 6 heteroatoms. The van der Waals surface area contributed by atoms with Crippen LogP contribution in [0.1, 0.15) is 6.92 Å². The van der Waals surface area contributed by atoms with E-state index < -0.39 is 43.2 Å². The van der Waals surface area contributed by atoms with Crippen molar-refractivity contribution in [1.82, 2.24) is 0 Å². The highest BCUT2D eigenvalue weighted by Gasteiger charge is 2.50. The van der Waals surface area contributed by atoms with Crippen LogP contribution >= 0.6 is 0 Å². The highest BCUT2D eigenvalue weighted by Crippen LogP contribution is 2.31. The maximum Gasteiger partial charge on any atom is 0.163 e. The molecule has 14 heavy (non-hydrogen) atoms. The van der Waals surface area contributed by atoms with Gasteiger partial charge in [-0.15, -0.1) is 0 Å². The molecular formula is C8H16O6. The zero-order valence-electron chi connectivity index (χ0n) is 7.87. The summed E-state index contributed by atoms with van der Waals surface area (Å²) < 4.78 is 4.94. The molecule has 5 N–H and O–H groups in total. The molecule has 1 fully saturated rings. The van der Waals surface area contributed by atoms with E-state index in [1.807, 2.05) is 0 Å². The molecule has 0 bridgehead atoms. The third-order valence-corrected chi connectivity index (χ3v) is 2.67. The van der Waals surface area contributed by atoms with Gasteiger partial charge in [-0.1, -0.05) is 0 Å². The number of ether oxygens (including phenoxy) is 1. The highest BCUT2D eigenvalue weighted by molar-refractivity contribution is 4.96. The first-order chi connectivity index (χ1) is 6.46. The van der Waals surface area contributed by atoms with Gasteiger partial charge >= 0.3 is 0 Å². The second kappa shape index (κ2) is 4.09. The maximum atomic E-state index is 9.56. The lowest BCUT2D eigenvalue weighted by Crippen LogP contribution is -2.63. The topological polar surface area (TPSA) is 110 Å². The Morgan fingerprint density at radius 1 is 1.21 bits per heavy atom. The van der Waals surface area contributed by atoms with Gasteiger partial charge in [0.1, 0.15) is 11.7 Å². The molecule has 0 radical (unpaired) electrons. The molecule has 0 aromatic rings. The van der Waals surface area contributed by atoms with Crippen LogP contribution in [-0.4, -0.2) is 62.8 Å². The van der Waals surface area contributed by atoms with E-state index in [1.165, 1.54) is 6.92 Å². The van der Waals surface area contributed by atoms with Crippen molar-refractivity contribution in [3.63, 3.8) is 0 Å². The first-order valence-corrected chi connectivity index (χ1v) is 4.40.